The second-order valence-electron chi connectivity index (χ2n) is 5.28. The molecule has 1 aromatic rings. The fraction of sp³-hybridized carbons (Fsp3) is 0.357. The molecule has 0 aliphatic carbocycles. The fourth-order valence-corrected chi connectivity index (χ4v) is 2.50. The fourth-order valence-electron chi connectivity index (χ4n) is 2.50. The van der Waals surface area contributed by atoms with E-state index in [1.807, 2.05) is 0 Å². The van der Waals surface area contributed by atoms with E-state index in [-0.39, 0.29) is 30.8 Å². The quantitative estimate of drug-likeness (QED) is 0.534. The van der Waals surface area contributed by atoms with Gasteiger partial charge in [-0.1, -0.05) is 6.07 Å². The van der Waals surface area contributed by atoms with E-state index in [1.165, 1.54) is 13.1 Å². The van der Waals surface area contributed by atoms with Gasteiger partial charge in [0.2, 0.25) is 5.91 Å². The number of aromatic carboxylic acids is 1. The van der Waals surface area contributed by atoms with Crippen LogP contribution < -0.4 is 9.97 Å². The Hall–Kier alpha value is -2.42. The number of halogens is 1. The molecule has 0 saturated heterocycles. The van der Waals surface area contributed by atoms with Crippen molar-refractivity contribution in [3.63, 3.8) is 0 Å². The summed E-state index contributed by atoms with van der Waals surface area (Å²) in [5, 5.41) is 21.3. The smallest absolute Gasteiger partial charge is 0.526 e. The zero-order valence-corrected chi connectivity index (χ0v) is 12.3. The van der Waals surface area contributed by atoms with Crippen LogP contribution in [0.15, 0.2) is 12.1 Å². The van der Waals surface area contributed by atoms with Gasteiger partial charge in [-0.15, -0.1) is 0 Å². The Kier molecular flexibility index (Phi) is 5.00. The Morgan fingerprint density at radius 2 is 2.13 bits per heavy atom. The molecule has 1 aliphatic heterocycles. The number of hydrogen-bond acceptors (Lipinski definition) is 5. The van der Waals surface area contributed by atoms with E-state index in [0.29, 0.717) is 5.56 Å². The molecule has 9 heteroatoms. The van der Waals surface area contributed by atoms with Gasteiger partial charge >= 0.3 is 13.1 Å². The molecule has 1 aliphatic rings. The normalized spacial score (nSPS) is 16.3. The molecule has 0 radical (unpaired) electrons. The van der Waals surface area contributed by atoms with Gasteiger partial charge in [0.05, 0.1) is 6.42 Å². The largest absolute Gasteiger partial charge is 0.535 e. The standard InChI is InChI=1S/C14H15BFNO6/c1-17-11(19)6-9(18)5-8-4-7-2-3-10(16)12(14(20)21)13(7)23-15(8)22/h2-3,8,22H,4-6H2,1H3,(H,17,19)(H,20,21)/t8-/m1/s1. The van der Waals surface area contributed by atoms with E-state index < -0.39 is 36.2 Å². The minimum atomic E-state index is -1.50. The SMILES string of the molecule is CNC(=O)CC(=O)C[C@H]1Cc2ccc(F)c(C(=O)O)c2OB1O. The lowest BCUT2D eigenvalue weighted by Crippen LogP contribution is -2.36. The average molecular weight is 323 g/mol. The number of carboxylic acids is 1. The van der Waals surface area contributed by atoms with E-state index >= 15 is 0 Å². The van der Waals surface area contributed by atoms with E-state index in [1.54, 1.807) is 0 Å². The van der Waals surface area contributed by atoms with Gasteiger partial charge in [0.15, 0.2) is 0 Å². The summed E-state index contributed by atoms with van der Waals surface area (Å²) >= 11 is 0. The predicted octanol–water partition coefficient (Wildman–Crippen LogP) is 0.405. The molecular weight excluding hydrogens is 308 g/mol. The van der Waals surface area contributed by atoms with Gasteiger partial charge in [0.25, 0.3) is 0 Å². The number of carbonyl (C=O) groups excluding carboxylic acids is 2. The van der Waals surface area contributed by atoms with E-state index in [2.05, 4.69) is 5.32 Å². The van der Waals surface area contributed by atoms with Crippen molar-refractivity contribution in [2.75, 3.05) is 7.05 Å². The first-order chi connectivity index (χ1) is 10.8. The summed E-state index contributed by atoms with van der Waals surface area (Å²) in [4.78, 5) is 34.1. The summed E-state index contributed by atoms with van der Waals surface area (Å²) in [5.74, 6) is -4.12. The summed E-state index contributed by atoms with van der Waals surface area (Å²) in [5.41, 5.74) is -0.247. The van der Waals surface area contributed by atoms with E-state index in [4.69, 9.17) is 9.76 Å². The summed E-state index contributed by atoms with van der Waals surface area (Å²) in [7, 11) is -0.0390. The van der Waals surface area contributed by atoms with Gasteiger partial charge in [-0.05, 0) is 18.1 Å². The number of rotatable bonds is 5. The van der Waals surface area contributed by atoms with E-state index in [0.717, 1.165) is 6.07 Å². The maximum atomic E-state index is 13.6. The van der Waals surface area contributed by atoms with Crippen molar-refractivity contribution < 1.29 is 33.6 Å². The molecule has 0 bridgehead atoms. The Labute approximate surface area is 131 Å². The Morgan fingerprint density at radius 3 is 2.74 bits per heavy atom. The molecule has 1 aromatic carbocycles. The number of carbonyl (C=O) groups is 3. The molecular formula is C14H15BFNO6. The van der Waals surface area contributed by atoms with Crippen LogP contribution >= 0.6 is 0 Å². The number of benzene rings is 1. The number of nitrogens with one attached hydrogen (secondary N) is 1. The van der Waals surface area contributed by atoms with Crippen LogP contribution in [-0.4, -0.2) is 42.0 Å². The number of ketones is 1. The monoisotopic (exact) mass is 323 g/mol. The van der Waals surface area contributed by atoms with Gasteiger partial charge in [0, 0.05) is 19.3 Å². The Bertz CT molecular complexity index is 665. The second kappa shape index (κ2) is 6.78. The number of carboxylic acid groups (broad SMARTS) is 1. The molecule has 7 nitrogen and oxygen atoms in total. The van der Waals surface area contributed by atoms with Crippen LogP contribution in [0.3, 0.4) is 0 Å². The third kappa shape index (κ3) is 3.68. The molecule has 2 rings (SSSR count). The van der Waals surface area contributed by atoms with Crippen molar-refractivity contribution in [1.29, 1.82) is 0 Å². The minimum Gasteiger partial charge on any atom is -0.535 e. The van der Waals surface area contributed by atoms with Crippen LogP contribution in [0.5, 0.6) is 5.75 Å². The van der Waals surface area contributed by atoms with Gasteiger partial charge < -0.3 is 20.1 Å². The first-order valence-electron chi connectivity index (χ1n) is 6.95. The molecule has 1 heterocycles. The number of fused-ring (bicyclic) bond motifs is 1. The van der Waals surface area contributed by atoms with E-state index in [9.17, 15) is 23.8 Å². The maximum absolute atomic E-state index is 13.6. The summed E-state index contributed by atoms with van der Waals surface area (Å²) < 4.78 is 18.7. The molecule has 1 atom stereocenters. The third-order valence-corrected chi connectivity index (χ3v) is 3.65. The third-order valence-electron chi connectivity index (χ3n) is 3.65. The first kappa shape index (κ1) is 16.9. The molecule has 23 heavy (non-hydrogen) atoms. The molecule has 0 saturated carbocycles. The molecule has 0 aromatic heterocycles. The first-order valence-corrected chi connectivity index (χ1v) is 6.95. The van der Waals surface area contributed by atoms with Crippen molar-refractivity contribution in [1.82, 2.24) is 5.32 Å². The molecule has 0 fully saturated rings. The number of amides is 1. The van der Waals surface area contributed by atoms with Crippen LogP contribution in [0.2, 0.25) is 5.82 Å². The zero-order chi connectivity index (χ0) is 17.1. The lowest BCUT2D eigenvalue weighted by atomic mass is 9.64. The highest BCUT2D eigenvalue weighted by atomic mass is 19.1. The van der Waals surface area contributed by atoms with Gasteiger partial charge in [0.1, 0.15) is 22.9 Å². The summed E-state index contributed by atoms with van der Waals surface area (Å²) in [6.07, 6.45) is -0.263. The van der Waals surface area contributed by atoms with Crippen molar-refractivity contribution in [3.8, 4) is 5.75 Å². The molecule has 1 amide bonds. The van der Waals surface area contributed by atoms with Crippen molar-refractivity contribution in [2.45, 2.75) is 25.1 Å². The van der Waals surface area contributed by atoms with Crippen LogP contribution in [-0.2, 0) is 16.0 Å². The van der Waals surface area contributed by atoms with Crippen molar-refractivity contribution in [3.05, 3.63) is 29.1 Å². The highest BCUT2D eigenvalue weighted by Crippen LogP contribution is 2.37. The molecule has 0 spiro atoms. The molecule has 122 valence electrons. The van der Waals surface area contributed by atoms with Crippen LogP contribution in [0.25, 0.3) is 0 Å². The highest BCUT2D eigenvalue weighted by Gasteiger charge is 2.38. The number of hydrogen-bond donors (Lipinski definition) is 3. The topological polar surface area (TPSA) is 113 Å². The average Bonchev–Trinajstić information content (AvgIpc) is 2.47. The lowest BCUT2D eigenvalue weighted by Gasteiger charge is -2.28. The van der Waals surface area contributed by atoms with Crippen LogP contribution in [0, 0.1) is 5.82 Å². The lowest BCUT2D eigenvalue weighted by molar-refractivity contribution is -0.128. The van der Waals surface area contributed by atoms with Crippen molar-refractivity contribution in [2.24, 2.45) is 0 Å². The maximum Gasteiger partial charge on any atom is 0.526 e. The van der Waals surface area contributed by atoms with Crippen LogP contribution in [0.1, 0.15) is 28.8 Å². The Balaban J connectivity index is 2.18. The summed E-state index contributed by atoms with van der Waals surface area (Å²) in [6.45, 7) is 0. The predicted molar refractivity (Wildman–Crippen MR) is 77.7 cm³/mol. The van der Waals surface area contributed by atoms with Crippen molar-refractivity contribution >= 4 is 24.8 Å². The van der Waals surface area contributed by atoms with Gasteiger partial charge in [-0.2, -0.15) is 0 Å². The second-order valence-corrected chi connectivity index (χ2v) is 5.28. The van der Waals surface area contributed by atoms with Gasteiger partial charge in [-0.3, -0.25) is 9.59 Å². The molecule has 0 unspecified atom stereocenters. The summed E-state index contributed by atoms with van der Waals surface area (Å²) in [6, 6.07) is 2.37. The number of Topliss-reactive ketones (excluding diaryl/α,β-unsaturated/α-hetero) is 1. The zero-order valence-electron chi connectivity index (χ0n) is 12.3. The molecule has 3 N–H and O–H groups in total. The minimum absolute atomic E-state index is 0.103. The van der Waals surface area contributed by atoms with Crippen LogP contribution in [0.4, 0.5) is 4.39 Å². The van der Waals surface area contributed by atoms with Gasteiger partial charge in [-0.25, -0.2) is 9.18 Å². The highest BCUT2D eigenvalue weighted by molar-refractivity contribution is 6.47. The Morgan fingerprint density at radius 1 is 1.43 bits per heavy atom.